The summed E-state index contributed by atoms with van der Waals surface area (Å²) in [5.74, 6) is 5.17. The van der Waals surface area contributed by atoms with E-state index in [1.165, 1.54) is 25.7 Å². The first-order valence-corrected chi connectivity index (χ1v) is 10.7. The molecule has 28 heavy (non-hydrogen) atoms. The minimum atomic E-state index is 0.0335. The predicted octanol–water partition coefficient (Wildman–Crippen LogP) is 4.10. The summed E-state index contributed by atoms with van der Waals surface area (Å²) in [6.07, 6.45) is 11.2. The number of likely N-dealkylation sites (tertiary alicyclic amines) is 1. The molecule has 5 rings (SSSR count). The Kier molecular flexibility index (Phi) is 4.57. The van der Waals surface area contributed by atoms with Crippen molar-refractivity contribution in [2.75, 3.05) is 6.54 Å². The van der Waals surface area contributed by atoms with Gasteiger partial charge < -0.3 is 13.9 Å². The van der Waals surface area contributed by atoms with Crippen molar-refractivity contribution in [2.24, 2.45) is 5.92 Å². The molecular formula is C22H28N4O2. The molecule has 1 amide bonds. The molecule has 148 valence electrons. The van der Waals surface area contributed by atoms with Crippen LogP contribution >= 0.6 is 0 Å². The molecule has 2 aromatic rings. The molecule has 0 bridgehead atoms. The summed E-state index contributed by atoms with van der Waals surface area (Å²) in [5.41, 5.74) is 0. The fourth-order valence-corrected chi connectivity index (χ4v) is 4.68. The second-order valence-electron chi connectivity index (χ2n) is 8.52. The van der Waals surface area contributed by atoms with Crippen molar-refractivity contribution in [3.63, 3.8) is 0 Å². The van der Waals surface area contributed by atoms with Crippen molar-refractivity contribution >= 4 is 12.0 Å². The topological polar surface area (TPSA) is 64.2 Å². The van der Waals surface area contributed by atoms with Gasteiger partial charge in [0, 0.05) is 31.5 Å². The van der Waals surface area contributed by atoms with Crippen molar-refractivity contribution in [1.29, 1.82) is 0 Å². The third-order valence-corrected chi connectivity index (χ3v) is 6.48. The normalized spacial score (nSPS) is 27.2. The quantitative estimate of drug-likeness (QED) is 0.749. The Bertz CT molecular complexity index is 896. The minimum Gasteiger partial charge on any atom is -0.461 e. The van der Waals surface area contributed by atoms with Crippen molar-refractivity contribution < 1.29 is 9.21 Å². The molecule has 2 fully saturated rings. The van der Waals surface area contributed by atoms with E-state index in [1.807, 2.05) is 17.0 Å². The van der Waals surface area contributed by atoms with Gasteiger partial charge in [0.05, 0.1) is 6.04 Å². The zero-order valence-corrected chi connectivity index (χ0v) is 16.5. The van der Waals surface area contributed by atoms with E-state index in [0.29, 0.717) is 11.8 Å². The molecule has 3 atom stereocenters. The Morgan fingerprint density at radius 2 is 2.07 bits per heavy atom. The molecule has 4 heterocycles. The lowest BCUT2D eigenvalue weighted by Gasteiger charge is -2.23. The number of aromatic nitrogens is 3. The first-order valence-electron chi connectivity index (χ1n) is 10.7. The molecule has 2 aromatic heterocycles. The number of hydrogen-bond acceptors (Lipinski definition) is 4. The number of furan rings is 1. The standard InChI is InChI=1S/C22H28N4O2/c1-15-14-17(15)19-10-8-16(28-19)9-11-21(27)25-13-5-6-18(25)22-24-23-20-7-3-2-4-12-26(20)22/h8-11,15,17-18H,2-7,12-14H2,1H3/b11-9-/t15-,17+,18+/m1/s1. The van der Waals surface area contributed by atoms with Gasteiger partial charge in [-0.3, -0.25) is 4.79 Å². The van der Waals surface area contributed by atoms with Crippen LogP contribution in [-0.4, -0.2) is 32.1 Å². The lowest BCUT2D eigenvalue weighted by atomic mass is 10.2. The SMILES string of the molecule is C[C@@H]1C[C@@H]1c1ccc(/C=C\C(=O)N2CCC[C@H]2c2nnc3n2CCCCC3)o1. The summed E-state index contributed by atoms with van der Waals surface area (Å²) in [4.78, 5) is 14.9. The third-order valence-electron chi connectivity index (χ3n) is 6.48. The van der Waals surface area contributed by atoms with E-state index in [0.717, 1.165) is 55.5 Å². The summed E-state index contributed by atoms with van der Waals surface area (Å²) in [7, 11) is 0. The Morgan fingerprint density at radius 3 is 2.93 bits per heavy atom. The van der Waals surface area contributed by atoms with Gasteiger partial charge in [0.25, 0.3) is 0 Å². The van der Waals surface area contributed by atoms with Gasteiger partial charge in [-0.25, -0.2) is 0 Å². The van der Waals surface area contributed by atoms with Gasteiger partial charge in [0.15, 0.2) is 5.82 Å². The van der Waals surface area contributed by atoms with Crippen molar-refractivity contribution in [1.82, 2.24) is 19.7 Å². The number of carbonyl (C=O) groups excluding carboxylic acids is 1. The van der Waals surface area contributed by atoms with Gasteiger partial charge >= 0.3 is 0 Å². The maximum Gasteiger partial charge on any atom is 0.247 e. The largest absolute Gasteiger partial charge is 0.461 e. The Balaban J connectivity index is 1.30. The maximum absolute atomic E-state index is 12.9. The fourth-order valence-electron chi connectivity index (χ4n) is 4.68. The van der Waals surface area contributed by atoms with Gasteiger partial charge in [0.1, 0.15) is 17.3 Å². The van der Waals surface area contributed by atoms with Crippen LogP contribution in [0.15, 0.2) is 22.6 Å². The fraction of sp³-hybridized carbons (Fsp3) is 0.591. The molecule has 1 saturated heterocycles. The van der Waals surface area contributed by atoms with Crippen molar-refractivity contribution in [3.05, 3.63) is 41.4 Å². The molecule has 1 aliphatic carbocycles. The lowest BCUT2D eigenvalue weighted by molar-refractivity contribution is -0.127. The van der Waals surface area contributed by atoms with E-state index in [2.05, 4.69) is 21.7 Å². The Hall–Kier alpha value is -2.37. The third kappa shape index (κ3) is 3.29. The summed E-state index contributed by atoms with van der Waals surface area (Å²) < 4.78 is 8.16. The average Bonchev–Trinajstić information content (AvgIpc) is 3.08. The number of carbonyl (C=O) groups is 1. The van der Waals surface area contributed by atoms with Gasteiger partial charge in [-0.05, 0) is 56.2 Å². The van der Waals surface area contributed by atoms with Gasteiger partial charge in [-0.1, -0.05) is 13.3 Å². The molecule has 6 heteroatoms. The second kappa shape index (κ2) is 7.22. The Morgan fingerprint density at radius 1 is 1.18 bits per heavy atom. The van der Waals surface area contributed by atoms with Crippen LogP contribution in [0, 0.1) is 5.92 Å². The van der Waals surface area contributed by atoms with Crippen LogP contribution in [0.25, 0.3) is 6.08 Å². The maximum atomic E-state index is 12.9. The molecule has 0 aromatic carbocycles. The van der Waals surface area contributed by atoms with Crippen LogP contribution < -0.4 is 0 Å². The number of fused-ring (bicyclic) bond motifs is 1. The van der Waals surface area contributed by atoms with Gasteiger partial charge in [0.2, 0.25) is 5.91 Å². The molecule has 2 aliphatic heterocycles. The van der Waals surface area contributed by atoms with Crippen LogP contribution in [-0.2, 0) is 17.8 Å². The highest BCUT2D eigenvalue weighted by Crippen LogP contribution is 2.47. The van der Waals surface area contributed by atoms with E-state index in [-0.39, 0.29) is 11.9 Å². The highest BCUT2D eigenvalue weighted by Gasteiger charge is 2.36. The van der Waals surface area contributed by atoms with Crippen LogP contribution in [0.2, 0.25) is 0 Å². The number of rotatable bonds is 4. The number of nitrogens with zero attached hydrogens (tertiary/aromatic N) is 4. The van der Waals surface area contributed by atoms with Gasteiger partial charge in [-0.15, -0.1) is 10.2 Å². The molecule has 0 radical (unpaired) electrons. The van der Waals surface area contributed by atoms with E-state index < -0.39 is 0 Å². The van der Waals surface area contributed by atoms with E-state index in [4.69, 9.17) is 4.42 Å². The van der Waals surface area contributed by atoms with Crippen LogP contribution in [0.1, 0.15) is 80.6 Å². The predicted molar refractivity (Wildman–Crippen MR) is 106 cm³/mol. The van der Waals surface area contributed by atoms with E-state index in [9.17, 15) is 4.79 Å². The van der Waals surface area contributed by atoms with Crippen LogP contribution in [0.3, 0.4) is 0 Å². The lowest BCUT2D eigenvalue weighted by Crippen LogP contribution is -2.30. The number of aryl methyl sites for hydroxylation is 1. The zero-order valence-electron chi connectivity index (χ0n) is 16.5. The molecule has 6 nitrogen and oxygen atoms in total. The molecule has 3 aliphatic rings. The molecule has 0 unspecified atom stereocenters. The minimum absolute atomic E-state index is 0.0335. The highest BCUT2D eigenvalue weighted by atomic mass is 16.3. The van der Waals surface area contributed by atoms with Gasteiger partial charge in [-0.2, -0.15) is 0 Å². The van der Waals surface area contributed by atoms with Crippen molar-refractivity contribution in [3.8, 4) is 0 Å². The highest BCUT2D eigenvalue weighted by molar-refractivity contribution is 5.91. The van der Waals surface area contributed by atoms with Crippen LogP contribution in [0.4, 0.5) is 0 Å². The smallest absolute Gasteiger partial charge is 0.247 e. The summed E-state index contributed by atoms with van der Waals surface area (Å²) >= 11 is 0. The molecule has 0 N–H and O–H groups in total. The summed E-state index contributed by atoms with van der Waals surface area (Å²) in [5, 5.41) is 8.91. The number of amides is 1. The summed E-state index contributed by atoms with van der Waals surface area (Å²) in [6, 6.07) is 4.04. The second-order valence-corrected chi connectivity index (χ2v) is 8.52. The monoisotopic (exact) mass is 380 g/mol. The molecule has 1 saturated carbocycles. The van der Waals surface area contributed by atoms with Crippen molar-refractivity contribution in [2.45, 2.75) is 70.4 Å². The van der Waals surface area contributed by atoms with E-state index in [1.54, 1.807) is 12.2 Å². The first kappa shape index (κ1) is 17.7. The number of hydrogen-bond donors (Lipinski definition) is 0. The first-order chi connectivity index (χ1) is 13.7. The average molecular weight is 380 g/mol. The summed E-state index contributed by atoms with van der Waals surface area (Å²) in [6.45, 7) is 3.99. The molecule has 0 spiro atoms. The van der Waals surface area contributed by atoms with Crippen LogP contribution in [0.5, 0.6) is 0 Å². The Labute approximate surface area is 165 Å². The molecular weight excluding hydrogens is 352 g/mol. The van der Waals surface area contributed by atoms with E-state index >= 15 is 0 Å². The zero-order chi connectivity index (χ0) is 19.1.